The molecule has 0 radical (unpaired) electrons. The summed E-state index contributed by atoms with van der Waals surface area (Å²) in [6, 6.07) is 14.4. The molecule has 0 amide bonds. The Morgan fingerprint density at radius 3 is 2.36 bits per heavy atom. The smallest absolute Gasteiger partial charge is 0.247 e. The Morgan fingerprint density at radius 1 is 0.861 bits per heavy atom. The van der Waals surface area contributed by atoms with Crippen LogP contribution in [0, 0.1) is 0 Å². The highest BCUT2D eigenvalue weighted by Gasteiger charge is 2.32. The van der Waals surface area contributed by atoms with Gasteiger partial charge in [-0.2, -0.15) is 4.31 Å². The number of hydrogen-bond acceptors (Lipinski definition) is 9. The first-order chi connectivity index (χ1) is 17.5. The summed E-state index contributed by atoms with van der Waals surface area (Å²) in [7, 11) is -3.77. The van der Waals surface area contributed by atoms with Crippen molar-refractivity contribution in [2.75, 3.05) is 51.1 Å². The molecule has 0 atom stereocenters. The fourth-order valence-corrected chi connectivity index (χ4v) is 5.79. The molecule has 3 aromatic rings. The molecule has 190 valence electrons. The van der Waals surface area contributed by atoms with Crippen LogP contribution in [-0.2, 0) is 10.0 Å². The SMILES string of the molecule is CCOc1ccc(OCC)c(S(=O)(=O)N2CCN(c3ccc(-c4ccc5c(c4)OCO5)nn3)CC2)c1. The van der Waals surface area contributed by atoms with Crippen LogP contribution in [-0.4, -0.2) is 69.1 Å². The number of nitrogens with zero attached hydrogens (tertiary/aromatic N) is 4. The third kappa shape index (κ3) is 4.76. The van der Waals surface area contributed by atoms with Crippen LogP contribution in [0.3, 0.4) is 0 Å². The highest BCUT2D eigenvalue weighted by atomic mass is 32.2. The van der Waals surface area contributed by atoms with Crippen LogP contribution >= 0.6 is 0 Å². The molecule has 36 heavy (non-hydrogen) atoms. The normalized spacial score (nSPS) is 15.7. The zero-order valence-electron chi connectivity index (χ0n) is 20.2. The summed E-state index contributed by atoms with van der Waals surface area (Å²) in [4.78, 5) is 2.15. The number of rotatable bonds is 8. The second-order valence-electron chi connectivity index (χ2n) is 8.21. The molecule has 1 saturated heterocycles. The molecule has 0 spiro atoms. The molecule has 5 rings (SSSR count). The Hall–Kier alpha value is -3.57. The number of hydrogen-bond donors (Lipinski definition) is 0. The van der Waals surface area contributed by atoms with Gasteiger partial charge in [0.2, 0.25) is 16.8 Å². The molecule has 3 heterocycles. The van der Waals surface area contributed by atoms with Gasteiger partial charge in [0.05, 0.1) is 18.9 Å². The van der Waals surface area contributed by atoms with Crippen molar-refractivity contribution in [1.82, 2.24) is 14.5 Å². The molecule has 0 aliphatic carbocycles. The van der Waals surface area contributed by atoms with E-state index in [1.165, 1.54) is 10.4 Å². The van der Waals surface area contributed by atoms with Crippen LogP contribution in [0.1, 0.15) is 13.8 Å². The summed E-state index contributed by atoms with van der Waals surface area (Å²) in [5, 5.41) is 8.76. The predicted molar refractivity (Wildman–Crippen MR) is 133 cm³/mol. The largest absolute Gasteiger partial charge is 0.494 e. The number of piperazine rings is 1. The maximum atomic E-state index is 13.5. The number of aromatic nitrogens is 2. The summed E-state index contributed by atoms with van der Waals surface area (Å²) in [5.41, 5.74) is 1.60. The van der Waals surface area contributed by atoms with Gasteiger partial charge in [-0.25, -0.2) is 8.42 Å². The van der Waals surface area contributed by atoms with Crippen LogP contribution in [0.15, 0.2) is 53.4 Å². The van der Waals surface area contributed by atoms with Gasteiger partial charge < -0.3 is 23.8 Å². The first-order valence-electron chi connectivity index (χ1n) is 11.9. The van der Waals surface area contributed by atoms with Crippen molar-refractivity contribution in [2.24, 2.45) is 0 Å². The lowest BCUT2D eigenvalue weighted by atomic mass is 10.1. The molecule has 0 unspecified atom stereocenters. The first kappa shape index (κ1) is 24.1. The number of benzene rings is 2. The molecule has 10 nitrogen and oxygen atoms in total. The van der Waals surface area contributed by atoms with Crippen LogP contribution in [0.2, 0.25) is 0 Å². The van der Waals surface area contributed by atoms with E-state index in [1.807, 2.05) is 49.1 Å². The monoisotopic (exact) mass is 512 g/mol. The van der Waals surface area contributed by atoms with Gasteiger partial charge in [0.1, 0.15) is 16.4 Å². The van der Waals surface area contributed by atoms with Crippen molar-refractivity contribution >= 4 is 15.8 Å². The third-order valence-electron chi connectivity index (χ3n) is 6.03. The van der Waals surface area contributed by atoms with Gasteiger partial charge in [0, 0.05) is 37.8 Å². The zero-order chi connectivity index (χ0) is 25.1. The minimum atomic E-state index is -3.77. The van der Waals surface area contributed by atoms with Gasteiger partial charge in [-0.1, -0.05) is 0 Å². The molecule has 1 fully saturated rings. The minimum absolute atomic E-state index is 0.122. The van der Waals surface area contributed by atoms with E-state index < -0.39 is 10.0 Å². The fourth-order valence-electron chi connectivity index (χ4n) is 4.22. The Kier molecular flexibility index (Phi) is 6.84. The first-order valence-corrected chi connectivity index (χ1v) is 13.3. The number of anilines is 1. The van der Waals surface area contributed by atoms with Crippen LogP contribution < -0.4 is 23.8 Å². The van der Waals surface area contributed by atoms with E-state index in [0.29, 0.717) is 68.2 Å². The van der Waals surface area contributed by atoms with E-state index in [0.717, 1.165) is 11.3 Å². The van der Waals surface area contributed by atoms with E-state index in [-0.39, 0.29) is 11.7 Å². The van der Waals surface area contributed by atoms with Crippen LogP contribution in [0.4, 0.5) is 5.82 Å². The quantitative estimate of drug-likeness (QED) is 0.450. The van der Waals surface area contributed by atoms with Crippen molar-refractivity contribution in [3.8, 4) is 34.3 Å². The van der Waals surface area contributed by atoms with Gasteiger partial charge in [-0.3, -0.25) is 0 Å². The number of ether oxygens (including phenoxy) is 4. The summed E-state index contributed by atoms with van der Waals surface area (Å²) >= 11 is 0. The summed E-state index contributed by atoms with van der Waals surface area (Å²) in [6.07, 6.45) is 0. The highest BCUT2D eigenvalue weighted by Crippen LogP contribution is 2.36. The molecule has 11 heteroatoms. The Bertz CT molecular complexity index is 1320. The molecule has 1 aromatic heterocycles. The molecule has 0 saturated carbocycles. The number of fused-ring (bicyclic) bond motifs is 1. The van der Waals surface area contributed by atoms with Crippen LogP contribution in [0.5, 0.6) is 23.0 Å². The van der Waals surface area contributed by atoms with E-state index >= 15 is 0 Å². The third-order valence-corrected chi connectivity index (χ3v) is 7.95. The molecule has 2 aliphatic rings. The van der Waals surface area contributed by atoms with Crippen molar-refractivity contribution in [3.63, 3.8) is 0 Å². The molecule has 2 aromatic carbocycles. The Morgan fingerprint density at radius 2 is 1.64 bits per heavy atom. The average Bonchev–Trinajstić information content (AvgIpc) is 3.38. The maximum Gasteiger partial charge on any atom is 0.247 e. The second kappa shape index (κ2) is 10.2. The maximum absolute atomic E-state index is 13.5. The average molecular weight is 513 g/mol. The lowest BCUT2D eigenvalue weighted by Crippen LogP contribution is -2.49. The van der Waals surface area contributed by atoms with Gasteiger partial charge in [0.25, 0.3) is 0 Å². The Balaban J connectivity index is 1.28. The topological polar surface area (TPSA) is 103 Å². The molecule has 2 aliphatic heterocycles. The van der Waals surface area contributed by atoms with E-state index in [1.54, 1.807) is 12.1 Å². The van der Waals surface area contributed by atoms with Crippen molar-refractivity contribution in [3.05, 3.63) is 48.5 Å². The molecule has 0 bridgehead atoms. The summed E-state index contributed by atoms with van der Waals surface area (Å²) in [5.74, 6) is 2.93. The standard InChI is InChI=1S/C25H28N4O6S/c1-3-32-19-6-9-22(33-4-2)24(16-19)36(30,31)29-13-11-28(12-14-29)25-10-7-20(26-27-25)18-5-8-21-23(15-18)35-17-34-21/h5-10,15-16H,3-4,11-14,17H2,1-2H3. The van der Waals surface area contributed by atoms with Crippen molar-refractivity contribution in [1.29, 1.82) is 0 Å². The van der Waals surface area contributed by atoms with Crippen LogP contribution in [0.25, 0.3) is 11.3 Å². The highest BCUT2D eigenvalue weighted by molar-refractivity contribution is 7.89. The molecular weight excluding hydrogens is 484 g/mol. The van der Waals surface area contributed by atoms with E-state index in [4.69, 9.17) is 18.9 Å². The minimum Gasteiger partial charge on any atom is -0.494 e. The van der Waals surface area contributed by atoms with E-state index in [2.05, 4.69) is 10.2 Å². The van der Waals surface area contributed by atoms with Gasteiger partial charge in [-0.05, 0) is 56.3 Å². The van der Waals surface area contributed by atoms with Gasteiger partial charge >= 0.3 is 0 Å². The second-order valence-corrected chi connectivity index (χ2v) is 10.1. The van der Waals surface area contributed by atoms with E-state index in [9.17, 15) is 8.42 Å². The fraction of sp³-hybridized carbons (Fsp3) is 0.360. The van der Waals surface area contributed by atoms with Crippen molar-refractivity contribution < 1.29 is 27.4 Å². The molecular formula is C25H28N4O6S. The van der Waals surface area contributed by atoms with Crippen molar-refractivity contribution in [2.45, 2.75) is 18.7 Å². The summed E-state index contributed by atoms with van der Waals surface area (Å²) < 4.78 is 50.4. The lowest BCUT2D eigenvalue weighted by Gasteiger charge is -2.34. The Labute approximate surface area is 210 Å². The molecule has 0 N–H and O–H groups in total. The lowest BCUT2D eigenvalue weighted by molar-refractivity contribution is 0.174. The van der Waals surface area contributed by atoms with Gasteiger partial charge in [-0.15, -0.1) is 10.2 Å². The van der Waals surface area contributed by atoms with Gasteiger partial charge in [0.15, 0.2) is 17.3 Å². The zero-order valence-corrected chi connectivity index (χ0v) is 21.0. The predicted octanol–water partition coefficient (Wildman–Crippen LogP) is 3.18. The summed E-state index contributed by atoms with van der Waals surface area (Å²) in [6.45, 7) is 6.33. The number of sulfonamides is 1.